The van der Waals surface area contributed by atoms with Gasteiger partial charge in [-0.3, -0.25) is 0 Å². The fourth-order valence-electron chi connectivity index (χ4n) is 3.10. The summed E-state index contributed by atoms with van der Waals surface area (Å²) in [7, 11) is 0. The maximum atomic E-state index is 3.59. The molecule has 0 bridgehead atoms. The fraction of sp³-hybridized carbons (Fsp3) is 0.444. The van der Waals surface area contributed by atoms with Crippen molar-refractivity contribution in [2.75, 3.05) is 26.2 Å². The highest BCUT2D eigenvalue weighted by Gasteiger charge is 2.09. The zero-order chi connectivity index (χ0) is 13.6. The summed E-state index contributed by atoms with van der Waals surface area (Å²) in [4.78, 5) is 2.58. The van der Waals surface area contributed by atoms with Crippen LogP contribution in [-0.4, -0.2) is 31.1 Å². The van der Waals surface area contributed by atoms with Crippen LogP contribution in [-0.2, 0) is 6.54 Å². The summed E-state index contributed by atoms with van der Waals surface area (Å²) < 4.78 is 0. The maximum Gasteiger partial charge on any atom is 0.0211 e. The van der Waals surface area contributed by atoms with Crippen molar-refractivity contribution in [1.29, 1.82) is 0 Å². The maximum absolute atomic E-state index is 3.59. The van der Waals surface area contributed by atoms with Crippen LogP contribution in [0.3, 0.4) is 0 Å². The fourth-order valence-corrected chi connectivity index (χ4v) is 3.10. The van der Waals surface area contributed by atoms with Crippen LogP contribution in [0, 0.1) is 0 Å². The van der Waals surface area contributed by atoms with Crippen LogP contribution in [0.4, 0.5) is 0 Å². The van der Waals surface area contributed by atoms with Gasteiger partial charge in [0, 0.05) is 6.54 Å². The smallest absolute Gasteiger partial charge is 0.0211 e. The predicted molar refractivity (Wildman–Crippen MR) is 85.9 cm³/mol. The minimum atomic E-state index is 0.974. The van der Waals surface area contributed by atoms with Crippen LogP contribution in [0.15, 0.2) is 42.5 Å². The van der Waals surface area contributed by atoms with Crippen molar-refractivity contribution in [3.8, 4) is 0 Å². The molecule has 1 aliphatic heterocycles. The first kappa shape index (κ1) is 13.6. The Morgan fingerprint density at radius 2 is 1.75 bits per heavy atom. The van der Waals surface area contributed by atoms with Crippen LogP contribution in [0.25, 0.3) is 10.8 Å². The van der Waals surface area contributed by atoms with Crippen LogP contribution < -0.4 is 5.32 Å². The van der Waals surface area contributed by atoms with Gasteiger partial charge in [0.1, 0.15) is 0 Å². The van der Waals surface area contributed by atoms with E-state index in [0.717, 1.165) is 13.1 Å². The molecular weight excluding hydrogens is 244 g/mol. The Labute approximate surface area is 121 Å². The van der Waals surface area contributed by atoms with E-state index in [0.29, 0.717) is 0 Å². The van der Waals surface area contributed by atoms with Crippen LogP contribution in [0.2, 0.25) is 0 Å². The Bertz CT molecular complexity index is 539. The zero-order valence-electron chi connectivity index (χ0n) is 12.1. The molecule has 0 aliphatic carbocycles. The van der Waals surface area contributed by atoms with Gasteiger partial charge in [-0.1, -0.05) is 42.5 Å². The quantitative estimate of drug-likeness (QED) is 0.808. The monoisotopic (exact) mass is 268 g/mol. The lowest BCUT2D eigenvalue weighted by Crippen LogP contribution is -2.24. The average Bonchev–Trinajstić information content (AvgIpc) is 3.00. The first-order valence-electron chi connectivity index (χ1n) is 7.83. The summed E-state index contributed by atoms with van der Waals surface area (Å²) in [5.74, 6) is 0. The molecule has 1 saturated heterocycles. The molecule has 2 nitrogen and oxygen atoms in total. The predicted octanol–water partition coefficient (Wildman–Crippen LogP) is 3.42. The van der Waals surface area contributed by atoms with E-state index in [4.69, 9.17) is 0 Å². The molecule has 2 aromatic rings. The molecule has 20 heavy (non-hydrogen) atoms. The summed E-state index contributed by atoms with van der Waals surface area (Å²) in [5, 5.41) is 6.30. The third kappa shape index (κ3) is 3.38. The topological polar surface area (TPSA) is 15.3 Å². The summed E-state index contributed by atoms with van der Waals surface area (Å²) in [6, 6.07) is 15.2. The molecule has 1 fully saturated rings. The molecule has 1 aliphatic rings. The number of fused-ring (bicyclic) bond motifs is 1. The molecule has 0 radical (unpaired) electrons. The molecule has 106 valence electrons. The molecule has 0 aromatic heterocycles. The highest BCUT2D eigenvalue weighted by atomic mass is 15.1. The largest absolute Gasteiger partial charge is 0.313 e. The minimum absolute atomic E-state index is 0.974. The van der Waals surface area contributed by atoms with Gasteiger partial charge in [-0.05, 0) is 61.8 Å². The highest BCUT2D eigenvalue weighted by Crippen LogP contribution is 2.18. The van der Waals surface area contributed by atoms with E-state index in [2.05, 4.69) is 52.7 Å². The molecule has 2 aromatic carbocycles. The van der Waals surface area contributed by atoms with E-state index in [1.165, 1.54) is 55.2 Å². The van der Waals surface area contributed by atoms with Gasteiger partial charge in [-0.15, -0.1) is 0 Å². The van der Waals surface area contributed by atoms with E-state index >= 15 is 0 Å². The van der Waals surface area contributed by atoms with Crippen molar-refractivity contribution in [1.82, 2.24) is 10.2 Å². The van der Waals surface area contributed by atoms with E-state index in [9.17, 15) is 0 Å². The van der Waals surface area contributed by atoms with Gasteiger partial charge in [0.2, 0.25) is 0 Å². The molecule has 0 saturated carbocycles. The lowest BCUT2D eigenvalue weighted by atomic mass is 10.0. The van der Waals surface area contributed by atoms with Crippen LogP contribution >= 0.6 is 0 Å². The Hall–Kier alpha value is -1.38. The lowest BCUT2D eigenvalue weighted by molar-refractivity contribution is 0.331. The van der Waals surface area contributed by atoms with E-state index in [1.54, 1.807) is 0 Å². The second kappa shape index (κ2) is 6.87. The second-order valence-electron chi connectivity index (χ2n) is 5.72. The summed E-state index contributed by atoms with van der Waals surface area (Å²) in [5.41, 5.74) is 1.41. The summed E-state index contributed by atoms with van der Waals surface area (Å²) >= 11 is 0. The Kier molecular flexibility index (Phi) is 4.67. The van der Waals surface area contributed by atoms with Gasteiger partial charge in [-0.25, -0.2) is 0 Å². The Balaban J connectivity index is 1.47. The van der Waals surface area contributed by atoms with E-state index in [-0.39, 0.29) is 0 Å². The van der Waals surface area contributed by atoms with Gasteiger partial charge in [0.05, 0.1) is 0 Å². The van der Waals surface area contributed by atoms with Gasteiger partial charge in [0.25, 0.3) is 0 Å². The van der Waals surface area contributed by atoms with Gasteiger partial charge in [-0.2, -0.15) is 0 Å². The molecular formula is C18H24N2. The van der Waals surface area contributed by atoms with Gasteiger partial charge >= 0.3 is 0 Å². The third-order valence-corrected chi connectivity index (χ3v) is 4.22. The Morgan fingerprint density at radius 1 is 0.950 bits per heavy atom. The molecule has 1 heterocycles. The van der Waals surface area contributed by atoms with Crippen molar-refractivity contribution in [2.24, 2.45) is 0 Å². The zero-order valence-corrected chi connectivity index (χ0v) is 12.1. The first-order chi connectivity index (χ1) is 9.93. The van der Waals surface area contributed by atoms with Crippen molar-refractivity contribution in [2.45, 2.75) is 25.8 Å². The second-order valence-corrected chi connectivity index (χ2v) is 5.72. The third-order valence-electron chi connectivity index (χ3n) is 4.22. The number of hydrogen-bond donors (Lipinski definition) is 1. The number of nitrogens with one attached hydrogen (secondary N) is 1. The normalized spacial score (nSPS) is 16.0. The van der Waals surface area contributed by atoms with Crippen LogP contribution in [0.5, 0.6) is 0 Å². The van der Waals surface area contributed by atoms with Crippen molar-refractivity contribution in [3.05, 3.63) is 48.0 Å². The molecule has 1 N–H and O–H groups in total. The SMILES string of the molecule is c1ccc2c(CNCCCN3CCCC3)cccc2c1. The summed E-state index contributed by atoms with van der Waals surface area (Å²) in [6.45, 7) is 5.95. The molecule has 0 spiro atoms. The number of rotatable bonds is 6. The molecule has 0 amide bonds. The average molecular weight is 268 g/mol. The first-order valence-corrected chi connectivity index (χ1v) is 7.83. The standard InChI is InChI=1S/C18H24N2/c1-2-10-18-16(7-1)8-5-9-17(18)15-19-11-6-14-20-12-3-4-13-20/h1-2,5,7-10,19H,3-4,6,11-15H2. The molecule has 2 heteroatoms. The van der Waals surface area contributed by atoms with Gasteiger partial charge < -0.3 is 10.2 Å². The van der Waals surface area contributed by atoms with E-state index < -0.39 is 0 Å². The number of benzene rings is 2. The lowest BCUT2D eigenvalue weighted by Gasteiger charge is -2.14. The number of nitrogens with zero attached hydrogens (tertiary/aromatic N) is 1. The molecule has 0 atom stereocenters. The van der Waals surface area contributed by atoms with Crippen LogP contribution in [0.1, 0.15) is 24.8 Å². The molecule has 0 unspecified atom stereocenters. The van der Waals surface area contributed by atoms with E-state index in [1.807, 2.05) is 0 Å². The number of hydrogen-bond acceptors (Lipinski definition) is 2. The highest BCUT2D eigenvalue weighted by molar-refractivity contribution is 5.85. The summed E-state index contributed by atoms with van der Waals surface area (Å²) in [6.07, 6.45) is 4.04. The van der Waals surface area contributed by atoms with Gasteiger partial charge in [0.15, 0.2) is 0 Å². The number of likely N-dealkylation sites (tertiary alicyclic amines) is 1. The minimum Gasteiger partial charge on any atom is -0.313 e. The van der Waals surface area contributed by atoms with Crippen molar-refractivity contribution < 1.29 is 0 Å². The molecule has 3 rings (SSSR count). The Morgan fingerprint density at radius 3 is 2.65 bits per heavy atom. The van der Waals surface area contributed by atoms with Crippen molar-refractivity contribution >= 4 is 10.8 Å². The van der Waals surface area contributed by atoms with Crippen molar-refractivity contribution in [3.63, 3.8) is 0 Å².